The van der Waals surface area contributed by atoms with Crippen LogP contribution in [0.3, 0.4) is 0 Å². The molecule has 1 heterocycles. The summed E-state index contributed by atoms with van der Waals surface area (Å²) in [5.74, 6) is 0. The van der Waals surface area contributed by atoms with Crippen LogP contribution in [0.25, 0.3) is 11.3 Å². The van der Waals surface area contributed by atoms with Crippen molar-refractivity contribution in [2.45, 2.75) is 18.0 Å². The number of hydrogen-bond acceptors (Lipinski definition) is 3. The van der Waals surface area contributed by atoms with Crippen molar-refractivity contribution in [3.8, 4) is 11.3 Å². The van der Waals surface area contributed by atoms with Crippen LogP contribution < -0.4 is 0 Å². The number of benzene rings is 1. The molecule has 0 saturated carbocycles. The summed E-state index contributed by atoms with van der Waals surface area (Å²) in [5, 5.41) is 9.28. The van der Waals surface area contributed by atoms with E-state index in [0.29, 0.717) is 18.4 Å². The molecule has 2 rings (SSSR count). The summed E-state index contributed by atoms with van der Waals surface area (Å²) < 4.78 is 76.7. The molecule has 9 heteroatoms. The molecule has 0 unspecified atom stereocenters. The largest absolute Gasteiger partial charge is 0.430 e. The number of carbonyl (C=O) groups is 1. The third-order valence-corrected chi connectivity index (χ3v) is 3.34. The Morgan fingerprint density at radius 3 is 1.79 bits per heavy atom. The van der Waals surface area contributed by atoms with Crippen LogP contribution in [0, 0.1) is 0 Å². The zero-order valence-electron chi connectivity index (χ0n) is 11.7. The van der Waals surface area contributed by atoms with Gasteiger partial charge in [0.1, 0.15) is 0 Å². The first-order chi connectivity index (χ1) is 11.0. The normalized spacial score (nSPS) is 13.0. The van der Waals surface area contributed by atoms with E-state index in [1.54, 1.807) is 0 Å². The fraction of sp³-hybridized carbons (Fsp3) is 0.200. The predicted molar refractivity (Wildman–Crippen MR) is 71.1 cm³/mol. The fourth-order valence-corrected chi connectivity index (χ4v) is 2.02. The van der Waals surface area contributed by atoms with Gasteiger partial charge in [-0.1, -0.05) is 24.3 Å². The lowest BCUT2D eigenvalue weighted by molar-refractivity contribution is -0.376. The molecule has 0 aliphatic carbocycles. The molecule has 0 aliphatic heterocycles. The summed E-state index contributed by atoms with van der Waals surface area (Å²) in [5.41, 5.74) is -5.58. The van der Waals surface area contributed by atoms with E-state index in [2.05, 4.69) is 4.98 Å². The van der Waals surface area contributed by atoms with E-state index in [1.165, 1.54) is 18.3 Å². The van der Waals surface area contributed by atoms with Gasteiger partial charge in [0.15, 0.2) is 6.29 Å². The predicted octanol–water partition coefficient (Wildman–Crippen LogP) is 3.87. The summed E-state index contributed by atoms with van der Waals surface area (Å²) >= 11 is 0. The molecular formula is C15H9F6NO2. The highest BCUT2D eigenvalue weighted by Gasteiger charge is 2.71. The first-order valence-corrected chi connectivity index (χ1v) is 6.38. The molecule has 0 atom stereocenters. The van der Waals surface area contributed by atoms with Crippen LogP contribution in [0.1, 0.15) is 15.9 Å². The van der Waals surface area contributed by atoms with Crippen molar-refractivity contribution < 1.29 is 36.2 Å². The molecule has 0 fully saturated rings. The van der Waals surface area contributed by atoms with Crippen molar-refractivity contribution >= 4 is 6.29 Å². The first-order valence-electron chi connectivity index (χ1n) is 6.38. The third-order valence-electron chi connectivity index (χ3n) is 3.34. The molecule has 1 aromatic heterocycles. The van der Waals surface area contributed by atoms with Crippen molar-refractivity contribution in [3.63, 3.8) is 0 Å². The van der Waals surface area contributed by atoms with Crippen LogP contribution in [0.2, 0.25) is 0 Å². The monoisotopic (exact) mass is 349 g/mol. The van der Waals surface area contributed by atoms with Gasteiger partial charge in [-0.3, -0.25) is 9.78 Å². The maximum atomic E-state index is 12.8. The molecule has 0 saturated heterocycles. The second-order valence-electron chi connectivity index (χ2n) is 4.88. The molecule has 128 valence electrons. The minimum absolute atomic E-state index is 0.225. The SMILES string of the molecule is O=Cc1ccc(-c2ccc(C(O)(C(F)(F)F)C(F)(F)F)cc2)nc1. The minimum atomic E-state index is -5.93. The van der Waals surface area contributed by atoms with Crippen molar-refractivity contribution in [2.24, 2.45) is 0 Å². The minimum Gasteiger partial charge on any atom is -0.369 e. The molecule has 0 radical (unpaired) electrons. The summed E-state index contributed by atoms with van der Waals surface area (Å²) in [6.07, 6.45) is -10.1. The highest BCUT2D eigenvalue weighted by molar-refractivity contribution is 5.75. The lowest BCUT2D eigenvalue weighted by atomic mass is 9.91. The second-order valence-corrected chi connectivity index (χ2v) is 4.88. The molecule has 1 aromatic carbocycles. The van der Waals surface area contributed by atoms with Gasteiger partial charge in [0, 0.05) is 22.9 Å². The van der Waals surface area contributed by atoms with Crippen molar-refractivity contribution in [1.82, 2.24) is 4.98 Å². The highest BCUT2D eigenvalue weighted by Crippen LogP contribution is 2.50. The van der Waals surface area contributed by atoms with Gasteiger partial charge in [0.25, 0.3) is 5.60 Å². The summed E-state index contributed by atoms with van der Waals surface area (Å²) in [6.45, 7) is 0. The van der Waals surface area contributed by atoms with Crippen LogP contribution in [-0.4, -0.2) is 28.7 Å². The Morgan fingerprint density at radius 2 is 1.42 bits per heavy atom. The van der Waals surface area contributed by atoms with E-state index in [1.807, 2.05) is 0 Å². The number of aldehydes is 1. The lowest BCUT2D eigenvalue weighted by Crippen LogP contribution is -2.53. The van der Waals surface area contributed by atoms with Crippen LogP contribution in [0.15, 0.2) is 42.6 Å². The van der Waals surface area contributed by atoms with E-state index < -0.39 is 23.5 Å². The third kappa shape index (κ3) is 2.99. The molecule has 0 bridgehead atoms. The Morgan fingerprint density at radius 1 is 0.875 bits per heavy atom. The number of aromatic nitrogens is 1. The second kappa shape index (κ2) is 5.90. The summed E-state index contributed by atoms with van der Waals surface area (Å²) in [7, 11) is 0. The van der Waals surface area contributed by atoms with Crippen LogP contribution in [0.5, 0.6) is 0 Å². The smallest absolute Gasteiger partial charge is 0.369 e. The maximum absolute atomic E-state index is 12.8. The molecule has 1 N–H and O–H groups in total. The van der Waals surface area contributed by atoms with E-state index in [9.17, 15) is 36.2 Å². The lowest BCUT2D eigenvalue weighted by Gasteiger charge is -2.32. The van der Waals surface area contributed by atoms with Gasteiger partial charge in [0.2, 0.25) is 0 Å². The molecule has 0 aliphatic rings. The molecule has 2 aromatic rings. The standard InChI is InChI=1S/C15H9F6NO2/c16-14(17,18)13(24,15(19,20)21)11-4-2-10(3-5-11)12-6-1-9(8-23)7-22-12/h1-8,24H. The average Bonchev–Trinajstić information content (AvgIpc) is 2.52. The van der Waals surface area contributed by atoms with Crippen LogP contribution in [0.4, 0.5) is 26.3 Å². The zero-order chi connectivity index (χ0) is 18.2. The topological polar surface area (TPSA) is 50.2 Å². The number of carbonyl (C=O) groups excluding carboxylic acids is 1. The quantitative estimate of drug-likeness (QED) is 0.676. The fourth-order valence-electron chi connectivity index (χ4n) is 2.02. The Labute approximate surface area is 131 Å². The van der Waals surface area contributed by atoms with Gasteiger partial charge in [0.05, 0.1) is 5.69 Å². The van der Waals surface area contributed by atoms with Gasteiger partial charge < -0.3 is 5.11 Å². The molecule has 0 amide bonds. The van der Waals surface area contributed by atoms with E-state index in [-0.39, 0.29) is 16.8 Å². The zero-order valence-corrected chi connectivity index (χ0v) is 11.7. The molecule has 0 spiro atoms. The van der Waals surface area contributed by atoms with Gasteiger partial charge in [-0.2, -0.15) is 26.3 Å². The maximum Gasteiger partial charge on any atom is 0.430 e. The van der Waals surface area contributed by atoms with Gasteiger partial charge in [-0.25, -0.2) is 0 Å². The van der Waals surface area contributed by atoms with E-state index in [0.717, 1.165) is 12.1 Å². The molecule has 24 heavy (non-hydrogen) atoms. The number of alkyl halides is 6. The number of pyridine rings is 1. The highest BCUT2D eigenvalue weighted by atomic mass is 19.4. The van der Waals surface area contributed by atoms with Gasteiger partial charge >= 0.3 is 12.4 Å². The summed E-state index contributed by atoms with van der Waals surface area (Å²) in [4.78, 5) is 14.4. The van der Waals surface area contributed by atoms with Crippen molar-refractivity contribution in [2.75, 3.05) is 0 Å². The van der Waals surface area contributed by atoms with Crippen LogP contribution in [-0.2, 0) is 5.60 Å². The number of aliphatic hydroxyl groups is 1. The first kappa shape index (κ1) is 17.9. The Kier molecular flexibility index (Phi) is 4.40. The Hall–Kier alpha value is -2.42. The van der Waals surface area contributed by atoms with Crippen LogP contribution >= 0.6 is 0 Å². The number of hydrogen-bond donors (Lipinski definition) is 1. The van der Waals surface area contributed by atoms with E-state index in [4.69, 9.17) is 0 Å². The van der Waals surface area contributed by atoms with E-state index >= 15 is 0 Å². The molecule has 3 nitrogen and oxygen atoms in total. The van der Waals surface area contributed by atoms with Gasteiger partial charge in [-0.15, -0.1) is 0 Å². The number of rotatable bonds is 3. The molecular weight excluding hydrogens is 340 g/mol. The van der Waals surface area contributed by atoms with Crippen molar-refractivity contribution in [3.05, 3.63) is 53.7 Å². The Balaban J connectivity index is 2.45. The number of halogens is 6. The van der Waals surface area contributed by atoms with Crippen molar-refractivity contribution in [1.29, 1.82) is 0 Å². The average molecular weight is 349 g/mol. The Bertz CT molecular complexity index is 706. The summed E-state index contributed by atoms with van der Waals surface area (Å²) in [6, 6.07) is 5.79. The number of nitrogens with zero attached hydrogens (tertiary/aromatic N) is 1. The van der Waals surface area contributed by atoms with Gasteiger partial charge in [-0.05, 0) is 12.1 Å².